The number of allylic oxidation sites excluding steroid dienone is 2. The first-order valence-corrected chi connectivity index (χ1v) is 12.0. The Bertz CT molecular complexity index is 1230. The fraction of sp³-hybridized carbons (Fsp3) is 0.346. The van der Waals surface area contributed by atoms with Gasteiger partial charge in [-0.15, -0.1) is 0 Å². The van der Waals surface area contributed by atoms with Crippen LogP contribution in [0, 0.1) is 6.92 Å². The summed E-state index contributed by atoms with van der Waals surface area (Å²) in [5, 5.41) is 1.21. The Balaban J connectivity index is 1.71. The van der Waals surface area contributed by atoms with Crippen molar-refractivity contribution >= 4 is 28.6 Å². The van der Waals surface area contributed by atoms with E-state index in [1.807, 2.05) is 12.1 Å². The molecule has 0 unspecified atom stereocenters. The quantitative estimate of drug-likeness (QED) is 0.202. The van der Waals surface area contributed by atoms with Gasteiger partial charge < -0.3 is 4.74 Å². The summed E-state index contributed by atoms with van der Waals surface area (Å²) in [5.41, 5.74) is 4.73. The van der Waals surface area contributed by atoms with Gasteiger partial charge >= 0.3 is 5.97 Å². The average Bonchev–Trinajstić information content (AvgIpc) is 2.83. The number of carbonyl (C=O) groups excluding carboxylic acids is 1. The second kappa shape index (κ2) is 10.2. The minimum absolute atomic E-state index is 0.0601. The van der Waals surface area contributed by atoms with Crippen LogP contribution in [0.15, 0.2) is 64.1 Å². The maximum atomic E-state index is 13.4. The molecule has 3 aromatic rings. The van der Waals surface area contributed by atoms with Crippen molar-refractivity contribution < 1.29 is 9.53 Å². The molecular weight excluding hydrogens is 420 g/mol. The average molecular weight is 449 g/mol. The highest BCUT2D eigenvalue weighted by molar-refractivity contribution is 7.98. The Morgan fingerprint density at radius 1 is 1.19 bits per heavy atom. The number of aromatic nitrogens is 2. The summed E-state index contributed by atoms with van der Waals surface area (Å²) < 4.78 is 6.64. The number of hydrogen-bond acceptors (Lipinski definition) is 5. The SMILES string of the molecule is COC(=O)c1ccc2c(=O)n(CCC3=CCCCC3)c(SCc3ccccc3C)nc2c1. The van der Waals surface area contributed by atoms with E-state index in [4.69, 9.17) is 9.72 Å². The van der Waals surface area contributed by atoms with Gasteiger partial charge in [0.25, 0.3) is 5.56 Å². The van der Waals surface area contributed by atoms with Crippen LogP contribution in [0.2, 0.25) is 0 Å². The first kappa shape index (κ1) is 22.3. The van der Waals surface area contributed by atoms with Crippen LogP contribution in [0.25, 0.3) is 10.9 Å². The van der Waals surface area contributed by atoms with Crippen molar-refractivity contribution in [2.24, 2.45) is 0 Å². The number of thioether (sulfide) groups is 1. The number of ether oxygens (including phenoxy) is 1. The molecule has 1 heterocycles. The number of methoxy groups -OCH3 is 1. The number of benzene rings is 2. The Morgan fingerprint density at radius 2 is 2.03 bits per heavy atom. The number of aryl methyl sites for hydroxylation is 1. The molecule has 0 saturated carbocycles. The molecule has 0 fully saturated rings. The van der Waals surface area contributed by atoms with Crippen molar-refractivity contribution in [2.45, 2.75) is 56.5 Å². The third-order valence-electron chi connectivity index (χ3n) is 6.00. The van der Waals surface area contributed by atoms with Crippen molar-refractivity contribution in [2.75, 3.05) is 7.11 Å². The molecule has 0 aliphatic heterocycles. The number of fused-ring (bicyclic) bond motifs is 1. The molecule has 0 amide bonds. The largest absolute Gasteiger partial charge is 0.465 e. The van der Waals surface area contributed by atoms with Gasteiger partial charge in [-0.05, 0) is 68.4 Å². The third kappa shape index (κ3) is 4.96. The zero-order chi connectivity index (χ0) is 22.5. The second-order valence-electron chi connectivity index (χ2n) is 8.15. The monoisotopic (exact) mass is 448 g/mol. The van der Waals surface area contributed by atoms with E-state index >= 15 is 0 Å². The predicted molar refractivity (Wildman–Crippen MR) is 129 cm³/mol. The van der Waals surface area contributed by atoms with Gasteiger partial charge in [0, 0.05) is 12.3 Å². The lowest BCUT2D eigenvalue weighted by Gasteiger charge is -2.16. The maximum Gasteiger partial charge on any atom is 0.337 e. The fourth-order valence-electron chi connectivity index (χ4n) is 4.05. The maximum absolute atomic E-state index is 13.4. The Morgan fingerprint density at radius 3 is 2.78 bits per heavy atom. The van der Waals surface area contributed by atoms with Gasteiger partial charge in [-0.1, -0.05) is 47.7 Å². The molecular formula is C26H28N2O3S. The molecule has 0 N–H and O–H groups in total. The summed E-state index contributed by atoms with van der Waals surface area (Å²) in [4.78, 5) is 30.2. The van der Waals surface area contributed by atoms with Gasteiger partial charge in [-0.2, -0.15) is 0 Å². The third-order valence-corrected chi connectivity index (χ3v) is 7.03. The van der Waals surface area contributed by atoms with Crippen LogP contribution in [0.5, 0.6) is 0 Å². The highest BCUT2D eigenvalue weighted by atomic mass is 32.2. The van der Waals surface area contributed by atoms with Gasteiger partial charge in [0.2, 0.25) is 0 Å². The minimum atomic E-state index is -0.434. The first-order valence-electron chi connectivity index (χ1n) is 11.0. The number of hydrogen-bond donors (Lipinski definition) is 0. The molecule has 0 saturated heterocycles. The van der Waals surface area contributed by atoms with Crippen molar-refractivity contribution in [1.29, 1.82) is 0 Å². The summed E-state index contributed by atoms with van der Waals surface area (Å²) >= 11 is 1.57. The smallest absolute Gasteiger partial charge is 0.337 e. The molecule has 1 aliphatic carbocycles. The van der Waals surface area contributed by atoms with Crippen LogP contribution < -0.4 is 5.56 Å². The molecule has 1 aromatic heterocycles. The molecule has 5 nitrogen and oxygen atoms in total. The molecule has 2 aromatic carbocycles. The molecule has 166 valence electrons. The van der Waals surface area contributed by atoms with E-state index in [9.17, 15) is 9.59 Å². The molecule has 0 bridgehead atoms. The van der Waals surface area contributed by atoms with E-state index < -0.39 is 5.97 Å². The zero-order valence-corrected chi connectivity index (χ0v) is 19.4. The van der Waals surface area contributed by atoms with Crippen LogP contribution in [0.4, 0.5) is 0 Å². The topological polar surface area (TPSA) is 61.2 Å². The lowest BCUT2D eigenvalue weighted by Crippen LogP contribution is -2.24. The molecule has 0 atom stereocenters. The van der Waals surface area contributed by atoms with Gasteiger partial charge in [0.1, 0.15) is 0 Å². The van der Waals surface area contributed by atoms with Gasteiger partial charge in [-0.25, -0.2) is 9.78 Å². The first-order chi connectivity index (χ1) is 15.6. The van der Waals surface area contributed by atoms with Crippen molar-refractivity contribution in [3.8, 4) is 0 Å². The van der Waals surface area contributed by atoms with Crippen molar-refractivity contribution in [3.05, 3.63) is 81.2 Å². The predicted octanol–water partition coefficient (Wildman–Crippen LogP) is 5.67. The highest BCUT2D eigenvalue weighted by Gasteiger charge is 2.15. The van der Waals surface area contributed by atoms with E-state index in [0.29, 0.717) is 28.2 Å². The van der Waals surface area contributed by atoms with Crippen molar-refractivity contribution in [3.63, 3.8) is 0 Å². The summed E-state index contributed by atoms with van der Waals surface area (Å²) in [6.45, 7) is 2.71. The summed E-state index contributed by atoms with van der Waals surface area (Å²) in [6.07, 6.45) is 7.91. The lowest BCUT2D eigenvalue weighted by atomic mass is 9.97. The van der Waals surface area contributed by atoms with Crippen LogP contribution in [-0.4, -0.2) is 22.6 Å². The second-order valence-corrected chi connectivity index (χ2v) is 9.09. The molecule has 0 radical (unpaired) electrons. The standard InChI is InChI=1S/C26H28N2O3S/c1-18-8-6-7-11-21(18)17-32-26-27-23-16-20(25(30)31-2)12-13-22(23)24(29)28(26)15-14-19-9-4-3-5-10-19/h6-9,11-13,16H,3-5,10,14-15,17H2,1-2H3. The minimum Gasteiger partial charge on any atom is -0.465 e. The summed E-state index contributed by atoms with van der Waals surface area (Å²) in [7, 11) is 1.35. The van der Waals surface area contributed by atoms with Gasteiger partial charge in [0.15, 0.2) is 5.16 Å². The molecule has 32 heavy (non-hydrogen) atoms. The highest BCUT2D eigenvalue weighted by Crippen LogP contribution is 2.26. The summed E-state index contributed by atoms with van der Waals surface area (Å²) in [5.74, 6) is 0.292. The molecule has 6 heteroatoms. The van der Waals surface area contributed by atoms with Crippen LogP contribution in [-0.2, 0) is 17.0 Å². The summed E-state index contributed by atoms with van der Waals surface area (Å²) in [6, 6.07) is 13.2. The molecule has 1 aliphatic rings. The molecule has 0 spiro atoms. The van der Waals surface area contributed by atoms with E-state index in [1.54, 1.807) is 34.5 Å². The molecule has 4 rings (SSSR count). The van der Waals surface area contributed by atoms with Crippen LogP contribution in [0.3, 0.4) is 0 Å². The number of rotatable bonds is 7. The lowest BCUT2D eigenvalue weighted by molar-refractivity contribution is 0.0601. The normalized spacial score (nSPS) is 13.8. The van der Waals surface area contributed by atoms with Gasteiger partial charge in [-0.3, -0.25) is 9.36 Å². The van der Waals surface area contributed by atoms with Crippen LogP contribution >= 0.6 is 11.8 Å². The fourth-order valence-corrected chi connectivity index (χ4v) is 5.16. The Labute approximate surface area is 192 Å². The Hall–Kier alpha value is -2.86. The number of nitrogens with zero attached hydrogens (tertiary/aromatic N) is 2. The number of carbonyl (C=O) groups is 1. The van der Waals surface area contributed by atoms with E-state index in [0.717, 1.165) is 25.0 Å². The van der Waals surface area contributed by atoms with E-state index in [1.165, 1.54) is 36.7 Å². The van der Waals surface area contributed by atoms with Gasteiger partial charge in [0.05, 0.1) is 23.6 Å². The van der Waals surface area contributed by atoms with E-state index in [2.05, 4.69) is 25.1 Å². The number of esters is 1. The Kier molecular flexibility index (Phi) is 7.10. The zero-order valence-electron chi connectivity index (χ0n) is 18.6. The van der Waals surface area contributed by atoms with Crippen molar-refractivity contribution in [1.82, 2.24) is 9.55 Å². The van der Waals surface area contributed by atoms with E-state index in [-0.39, 0.29) is 5.56 Å². The van der Waals surface area contributed by atoms with Crippen LogP contribution in [0.1, 0.15) is 53.6 Å².